The molecule has 1 atom stereocenters. The fourth-order valence-electron chi connectivity index (χ4n) is 4.71. The van der Waals surface area contributed by atoms with Crippen LogP contribution in [0.4, 0.5) is 5.69 Å². The lowest BCUT2D eigenvalue weighted by molar-refractivity contribution is -0.120. The van der Waals surface area contributed by atoms with Gasteiger partial charge in [0.1, 0.15) is 0 Å². The maximum Gasteiger partial charge on any atom is 0.243 e. The van der Waals surface area contributed by atoms with E-state index in [-0.39, 0.29) is 18.4 Å². The first-order chi connectivity index (χ1) is 14.7. The molecule has 6 heteroatoms. The minimum Gasteiger partial charge on any atom is -0.325 e. The Morgan fingerprint density at radius 2 is 1.65 bits per heavy atom. The summed E-state index contributed by atoms with van der Waals surface area (Å²) in [6.45, 7) is 10.5. The van der Waals surface area contributed by atoms with Crippen LogP contribution in [-0.2, 0) is 27.7 Å². The molecule has 1 amide bonds. The lowest BCUT2D eigenvalue weighted by Crippen LogP contribution is -2.44. The predicted molar refractivity (Wildman–Crippen MR) is 126 cm³/mol. The number of rotatable bonds is 6. The van der Waals surface area contributed by atoms with E-state index in [4.69, 9.17) is 0 Å². The van der Waals surface area contributed by atoms with E-state index in [1.54, 1.807) is 0 Å². The minimum absolute atomic E-state index is 0.0900. The lowest BCUT2D eigenvalue weighted by atomic mass is 9.97. The van der Waals surface area contributed by atoms with E-state index >= 15 is 0 Å². The normalized spacial score (nSPS) is 17.5. The van der Waals surface area contributed by atoms with Crippen LogP contribution in [0, 0.1) is 26.7 Å². The van der Waals surface area contributed by atoms with Crippen LogP contribution in [0.5, 0.6) is 0 Å². The molecule has 0 unspecified atom stereocenters. The number of piperidine rings is 1. The molecule has 0 radical (unpaired) electrons. The second-order valence-corrected chi connectivity index (χ2v) is 10.5. The maximum atomic E-state index is 13.5. The van der Waals surface area contributed by atoms with E-state index in [0.717, 1.165) is 46.3 Å². The Morgan fingerprint density at radius 1 is 1.06 bits per heavy atom. The zero-order chi connectivity index (χ0) is 22.8. The highest BCUT2D eigenvalue weighted by Crippen LogP contribution is 2.30. The fourth-order valence-corrected chi connectivity index (χ4v) is 6.64. The van der Waals surface area contributed by atoms with Gasteiger partial charge in [-0.05, 0) is 68.7 Å². The van der Waals surface area contributed by atoms with Gasteiger partial charge in [0, 0.05) is 18.8 Å². The molecule has 2 aromatic carbocycles. The highest BCUT2D eigenvalue weighted by atomic mass is 32.2. The molecular formula is C25H34N2O3S. The Kier molecular flexibility index (Phi) is 7.22. The first kappa shape index (κ1) is 23.5. The smallest absolute Gasteiger partial charge is 0.243 e. The summed E-state index contributed by atoms with van der Waals surface area (Å²) in [6.07, 6.45) is 3.04. The fraction of sp³-hybridized carbons (Fsp3) is 0.480. The van der Waals surface area contributed by atoms with Crippen LogP contribution in [0.25, 0.3) is 0 Å². The molecule has 5 nitrogen and oxygen atoms in total. The van der Waals surface area contributed by atoms with Gasteiger partial charge in [-0.15, -0.1) is 0 Å². The molecule has 0 bridgehead atoms. The Labute approximate surface area is 186 Å². The largest absolute Gasteiger partial charge is 0.325 e. The summed E-state index contributed by atoms with van der Waals surface area (Å²) in [6, 6.07) is 9.91. The molecule has 0 aromatic heterocycles. The molecular weight excluding hydrogens is 408 g/mol. The van der Waals surface area contributed by atoms with Gasteiger partial charge in [0.2, 0.25) is 15.9 Å². The molecule has 1 saturated heterocycles. The standard InChI is InChI=1S/C25H34N2O3S/c1-6-20-10-8-11-21(7-2)23(20)26-25(28)22-12-9-13-27(16-22)31(29,30)24-18(4)14-17(3)15-19(24)5/h8,10-11,14-15,22H,6-7,9,12-13,16H2,1-5H3,(H,26,28)/t22-/m0/s1. The summed E-state index contributed by atoms with van der Waals surface area (Å²) in [5, 5.41) is 3.13. The quantitative estimate of drug-likeness (QED) is 0.700. The second kappa shape index (κ2) is 9.53. The van der Waals surface area contributed by atoms with Crippen LogP contribution < -0.4 is 5.32 Å². The summed E-state index contributed by atoms with van der Waals surface area (Å²) in [7, 11) is -3.65. The van der Waals surface area contributed by atoms with Gasteiger partial charge in [-0.25, -0.2) is 8.42 Å². The Morgan fingerprint density at radius 3 is 2.19 bits per heavy atom. The van der Waals surface area contributed by atoms with Crippen molar-refractivity contribution in [3.8, 4) is 0 Å². The molecule has 1 N–H and O–H groups in total. The lowest BCUT2D eigenvalue weighted by Gasteiger charge is -2.32. The zero-order valence-corrected chi connectivity index (χ0v) is 20.1. The monoisotopic (exact) mass is 442 g/mol. The van der Waals surface area contributed by atoms with Crippen molar-refractivity contribution in [3.05, 3.63) is 58.1 Å². The molecule has 31 heavy (non-hydrogen) atoms. The molecule has 3 rings (SSSR count). The van der Waals surface area contributed by atoms with Crippen LogP contribution >= 0.6 is 0 Å². The van der Waals surface area contributed by atoms with Crippen molar-refractivity contribution in [2.24, 2.45) is 5.92 Å². The van der Waals surface area contributed by atoms with E-state index in [1.165, 1.54) is 4.31 Å². The molecule has 0 aliphatic carbocycles. The van der Waals surface area contributed by atoms with E-state index in [0.29, 0.717) is 24.3 Å². The van der Waals surface area contributed by atoms with Crippen molar-refractivity contribution in [2.75, 3.05) is 18.4 Å². The number of hydrogen-bond acceptors (Lipinski definition) is 3. The minimum atomic E-state index is -3.65. The Bertz CT molecular complexity index is 1030. The van der Waals surface area contributed by atoms with Crippen LogP contribution in [0.15, 0.2) is 35.2 Å². The number of amides is 1. The molecule has 0 saturated carbocycles. The Balaban J connectivity index is 1.84. The van der Waals surface area contributed by atoms with Crippen molar-refractivity contribution < 1.29 is 13.2 Å². The number of nitrogens with one attached hydrogen (secondary N) is 1. The number of carbonyl (C=O) groups is 1. The third-order valence-corrected chi connectivity index (χ3v) is 8.38. The SMILES string of the molecule is CCc1cccc(CC)c1NC(=O)[C@H]1CCCN(S(=O)(=O)c2c(C)cc(C)cc2C)C1. The van der Waals surface area contributed by atoms with Crippen LogP contribution in [0.3, 0.4) is 0 Å². The maximum absolute atomic E-state index is 13.5. The van der Waals surface area contributed by atoms with Gasteiger partial charge in [-0.2, -0.15) is 4.31 Å². The Hall–Kier alpha value is -2.18. The molecule has 1 aliphatic rings. The first-order valence-electron chi connectivity index (χ1n) is 11.2. The number of nitrogens with zero attached hydrogens (tertiary/aromatic N) is 1. The summed E-state index contributed by atoms with van der Waals surface area (Å²) in [5.41, 5.74) is 5.67. The highest BCUT2D eigenvalue weighted by Gasteiger charge is 2.35. The van der Waals surface area contributed by atoms with Gasteiger partial charge in [0.15, 0.2) is 0 Å². The summed E-state index contributed by atoms with van der Waals surface area (Å²) in [4.78, 5) is 13.5. The van der Waals surface area contributed by atoms with E-state index in [1.807, 2.05) is 51.1 Å². The van der Waals surface area contributed by atoms with Gasteiger partial charge in [-0.1, -0.05) is 49.7 Å². The van der Waals surface area contributed by atoms with Crippen LogP contribution in [0.2, 0.25) is 0 Å². The van der Waals surface area contributed by atoms with E-state index in [2.05, 4.69) is 19.2 Å². The van der Waals surface area contributed by atoms with Crippen LogP contribution in [-0.4, -0.2) is 31.7 Å². The highest BCUT2D eigenvalue weighted by molar-refractivity contribution is 7.89. The van der Waals surface area contributed by atoms with Crippen molar-refractivity contribution in [1.29, 1.82) is 0 Å². The summed E-state index contributed by atoms with van der Waals surface area (Å²) < 4.78 is 28.4. The number of aryl methyl sites for hydroxylation is 5. The third kappa shape index (κ3) is 4.85. The molecule has 2 aromatic rings. The average molecular weight is 443 g/mol. The zero-order valence-electron chi connectivity index (χ0n) is 19.3. The van der Waals surface area contributed by atoms with Crippen LogP contribution in [0.1, 0.15) is 54.5 Å². The molecule has 1 fully saturated rings. The van der Waals surface area contributed by atoms with Gasteiger partial charge in [-0.3, -0.25) is 4.79 Å². The van der Waals surface area contributed by atoms with Crippen molar-refractivity contribution in [1.82, 2.24) is 4.31 Å². The summed E-state index contributed by atoms with van der Waals surface area (Å²) >= 11 is 0. The van der Waals surface area contributed by atoms with Crippen molar-refractivity contribution in [3.63, 3.8) is 0 Å². The topological polar surface area (TPSA) is 66.5 Å². The number of anilines is 1. The molecule has 0 spiro atoms. The van der Waals surface area contributed by atoms with Crippen molar-refractivity contribution >= 4 is 21.6 Å². The number of benzene rings is 2. The second-order valence-electron chi connectivity index (χ2n) is 8.58. The molecule has 1 heterocycles. The summed E-state index contributed by atoms with van der Waals surface area (Å²) in [5.74, 6) is -0.447. The predicted octanol–water partition coefficient (Wildman–Crippen LogP) is 4.78. The van der Waals surface area contributed by atoms with Gasteiger partial charge >= 0.3 is 0 Å². The number of hydrogen-bond donors (Lipinski definition) is 1. The number of carbonyl (C=O) groups excluding carboxylic acids is 1. The third-order valence-electron chi connectivity index (χ3n) is 6.20. The van der Waals surface area contributed by atoms with Gasteiger partial charge in [0.25, 0.3) is 0 Å². The van der Waals surface area contributed by atoms with Gasteiger partial charge < -0.3 is 5.32 Å². The molecule has 1 aliphatic heterocycles. The van der Waals surface area contributed by atoms with Crippen molar-refractivity contribution in [2.45, 2.75) is 65.2 Å². The number of sulfonamides is 1. The molecule has 168 valence electrons. The average Bonchev–Trinajstić information content (AvgIpc) is 2.73. The van der Waals surface area contributed by atoms with E-state index in [9.17, 15) is 13.2 Å². The van der Waals surface area contributed by atoms with Gasteiger partial charge in [0.05, 0.1) is 10.8 Å². The number of para-hydroxylation sites is 1. The van der Waals surface area contributed by atoms with E-state index < -0.39 is 10.0 Å². The first-order valence-corrected chi connectivity index (χ1v) is 12.6.